The van der Waals surface area contributed by atoms with Crippen LogP contribution in [0.25, 0.3) is 0 Å². The second-order valence-electron chi connectivity index (χ2n) is 6.73. The number of rotatable bonds is 5. The van der Waals surface area contributed by atoms with Crippen LogP contribution in [0.5, 0.6) is 5.75 Å². The fourth-order valence-electron chi connectivity index (χ4n) is 3.67. The Morgan fingerprint density at radius 3 is 2.52 bits per heavy atom. The van der Waals surface area contributed by atoms with Gasteiger partial charge < -0.3 is 15.0 Å². The molecule has 23 heavy (non-hydrogen) atoms. The number of hydrogen-bond donors (Lipinski definition) is 1. The van der Waals surface area contributed by atoms with Crippen molar-refractivity contribution in [3.8, 4) is 5.75 Å². The summed E-state index contributed by atoms with van der Waals surface area (Å²) in [5, 5.41) is 3.43. The van der Waals surface area contributed by atoms with Crippen molar-refractivity contribution in [1.82, 2.24) is 15.1 Å². The second kappa shape index (κ2) is 8.08. The van der Waals surface area contributed by atoms with E-state index in [1.807, 2.05) is 0 Å². The average molecular weight is 321 g/mol. The molecule has 5 heteroatoms. The van der Waals surface area contributed by atoms with Crippen LogP contribution in [-0.4, -0.2) is 62.7 Å². The van der Waals surface area contributed by atoms with Gasteiger partial charge in [-0.05, 0) is 50.0 Å². The highest BCUT2D eigenvalue weighted by Gasteiger charge is 2.22. The Morgan fingerprint density at radius 2 is 1.83 bits per heavy atom. The second-order valence-corrected chi connectivity index (χ2v) is 6.73. The van der Waals surface area contributed by atoms with Crippen molar-refractivity contribution in [2.45, 2.75) is 19.4 Å². The van der Waals surface area contributed by atoms with Crippen LogP contribution in [0.15, 0.2) is 18.2 Å². The van der Waals surface area contributed by atoms with Gasteiger partial charge in [0.1, 0.15) is 11.6 Å². The minimum atomic E-state index is -0.189. The summed E-state index contributed by atoms with van der Waals surface area (Å²) in [4.78, 5) is 4.99. The maximum absolute atomic E-state index is 13.5. The van der Waals surface area contributed by atoms with E-state index in [9.17, 15) is 4.39 Å². The first-order chi connectivity index (χ1) is 11.2. The van der Waals surface area contributed by atoms with E-state index in [1.165, 1.54) is 38.5 Å². The lowest BCUT2D eigenvalue weighted by Crippen LogP contribution is -2.48. The Bertz CT molecular complexity index is 497. The molecule has 1 aromatic rings. The van der Waals surface area contributed by atoms with Gasteiger partial charge in [0.05, 0.1) is 7.11 Å². The average Bonchev–Trinajstić information content (AvgIpc) is 2.58. The molecule has 4 nitrogen and oxygen atoms in total. The van der Waals surface area contributed by atoms with Gasteiger partial charge in [0.2, 0.25) is 0 Å². The zero-order chi connectivity index (χ0) is 16.1. The van der Waals surface area contributed by atoms with E-state index in [-0.39, 0.29) is 5.82 Å². The molecule has 2 fully saturated rings. The lowest BCUT2D eigenvalue weighted by molar-refractivity contribution is 0.106. The van der Waals surface area contributed by atoms with Gasteiger partial charge in [-0.2, -0.15) is 0 Å². The van der Waals surface area contributed by atoms with Crippen molar-refractivity contribution in [1.29, 1.82) is 0 Å². The number of nitrogens with one attached hydrogen (secondary N) is 1. The van der Waals surface area contributed by atoms with Crippen LogP contribution in [0.3, 0.4) is 0 Å². The summed E-state index contributed by atoms with van der Waals surface area (Å²) in [5.74, 6) is 1.44. The molecule has 0 bridgehead atoms. The van der Waals surface area contributed by atoms with E-state index in [2.05, 4.69) is 15.1 Å². The predicted octanol–water partition coefficient (Wildman–Crippen LogP) is 1.95. The maximum atomic E-state index is 13.5. The highest BCUT2D eigenvalue weighted by atomic mass is 19.1. The highest BCUT2D eigenvalue weighted by molar-refractivity contribution is 5.33. The standard InChI is InChI=1S/C18H28FN3O/c1-23-18-3-2-17(19)12-16(18)14-22-10-8-21(9-11-22)13-15-4-6-20-7-5-15/h2-3,12,15,20H,4-11,13-14H2,1H3. The number of nitrogens with zero attached hydrogens (tertiary/aromatic N) is 2. The first kappa shape index (κ1) is 16.7. The highest BCUT2D eigenvalue weighted by Crippen LogP contribution is 2.22. The van der Waals surface area contributed by atoms with Gasteiger partial charge in [0.15, 0.2) is 0 Å². The number of hydrogen-bond acceptors (Lipinski definition) is 4. The van der Waals surface area contributed by atoms with Crippen LogP contribution in [0.1, 0.15) is 18.4 Å². The molecule has 1 N–H and O–H groups in total. The minimum absolute atomic E-state index is 0.189. The molecule has 2 aliphatic heterocycles. The van der Waals surface area contributed by atoms with E-state index < -0.39 is 0 Å². The number of piperidine rings is 1. The Hall–Kier alpha value is -1.17. The van der Waals surface area contributed by atoms with Crippen LogP contribution >= 0.6 is 0 Å². The van der Waals surface area contributed by atoms with Gasteiger partial charge in [-0.25, -0.2) is 4.39 Å². The molecule has 2 heterocycles. The van der Waals surface area contributed by atoms with Crippen molar-refractivity contribution in [3.63, 3.8) is 0 Å². The zero-order valence-electron chi connectivity index (χ0n) is 14.1. The molecular weight excluding hydrogens is 293 g/mol. The summed E-state index contributed by atoms with van der Waals surface area (Å²) in [6.07, 6.45) is 2.61. The van der Waals surface area contributed by atoms with Crippen molar-refractivity contribution >= 4 is 0 Å². The van der Waals surface area contributed by atoms with Crippen LogP contribution in [0.2, 0.25) is 0 Å². The van der Waals surface area contributed by atoms with Crippen molar-refractivity contribution in [2.24, 2.45) is 5.92 Å². The lowest BCUT2D eigenvalue weighted by Gasteiger charge is -2.37. The van der Waals surface area contributed by atoms with Crippen LogP contribution in [0, 0.1) is 11.7 Å². The fourth-order valence-corrected chi connectivity index (χ4v) is 3.67. The molecule has 0 atom stereocenters. The van der Waals surface area contributed by atoms with Crippen LogP contribution in [0.4, 0.5) is 4.39 Å². The predicted molar refractivity (Wildman–Crippen MR) is 90.3 cm³/mol. The number of halogens is 1. The normalized spacial score (nSPS) is 21.5. The summed E-state index contributed by atoms with van der Waals surface area (Å²) in [5.41, 5.74) is 0.944. The number of benzene rings is 1. The lowest BCUT2D eigenvalue weighted by atomic mass is 9.97. The Labute approximate surface area is 138 Å². The van der Waals surface area contributed by atoms with Crippen molar-refractivity contribution in [2.75, 3.05) is 52.9 Å². The van der Waals surface area contributed by atoms with Gasteiger partial charge in [-0.1, -0.05) is 0 Å². The molecule has 0 aliphatic carbocycles. The summed E-state index contributed by atoms with van der Waals surface area (Å²) < 4.78 is 18.8. The fraction of sp³-hybridized carbons (Fsp3) is 0.667. The Balaban J connectivity index is 1.48. The van der Waals surface area contributed by atoms with Crippen molar-refractivity contribution < 1.29 is 9.13 Å². The molecule has 0 spiro atoms. The first-order valence-electron chi connectivity index (χ1n) is 8.72. The molecule has 128 valence electrons. The summed E-state index contributed by atoms with van der Waals surface area (Å²) in [6, 6.07) is 4.78. The first-order valence-corrected chi connectivity index (χ1v) is 8.72. The molecule has 0 unspecified atom stereocenters. The maximum Gasteiger partial charge on any atom is 0.123 e. The topological polar surface area (TPSA) is 27.7 Å². The molecule has 0 amide bonds. The zero-order valence-corrected chi connectivity index (χ0v) is 14.1. The molecule has 0 radical (unpaired) electrons. The summed E-state index contributed by atoms with van der Waals surface area (Å²) in [7, 11) is 1.65. The quantitative estimate of drug-likeness (QED) is 0.897. The molecule has 0 aromatic heterocycles. The van der Waals surface area contributed by atoms with E-state index >= 15 is 0 Å². The Morgan fingerprint density at radius 1 is 1.13 bits per heavy atom. The van der Waals surface area contributed by atoms with Crippen LogP contribution < -0.4 is 10.1 Å². The van der Waals surface area contributed by atoms with E-state index in [4.69, 9.17) is 4.74 Å². The minimum Gasteiger partial charge on any atom is -0.496 e. The third-order valence-electron chi connectivity index (χ3n) is 5.08. The molecule has 1 aromatic carbocycles. The van der Waals surface area contributed by atoms with Gasteiger partial charge in [0.25, 0.3) is 0 Å². The van der Waals surface area contributed by atoms with Crippen molar-refractivity contribution in [3.05, 3.63) is 29.6 Å². The Kier molecular flexibility index (Phi) is 5.86. The monoisotopic (exact) mass is 321 g/mol. The molecule has 0 saturated carbocycles. The van der Waals surface area contributed by atoms with Crippen LogP contribution in [-0.2, 0) is 6.54 Å². The van der Waals surface area contributed by atoms with Gasteiger partial charge in [0, 0.05) is 44.8 Å². The van der Waals surface area contributed by atoms with E-state index in [0.29, 0.717) is 0 Å². The molecule has 2 aliphatic rings. The molecular formula is C18H28FN3O. The molecule has 3 rings (SSSR count). The van der Waals surface area contributed by atoms with E-state index in [1.54, 1.807) is 19.2 Å². The third-order valence-corrected chi connectivity index (χ3v) is 5.08. The summed E-state index contributed by atoms with van der Waals surface area (Å²) in [6.45, 7) is 8.66. The largest absolute Gasteiger partial charge is 0.496 e. The number of piperazine rings is 1. The van der Waals surface area contributed by atoms with Gasteiger partial charge in [-0.3, -0.25) is 4.90 Å². The van der Waals surface area contributed by atoms with Gasteiger partial charge >= 0.3 is 0 Å². The number of methoxy groups -OCH3 is 1. The third kappa shape index (κ3) is 4.66. The summed E-state index contributed by atoms with van der Waals surface area (Å²) >= 11 is 0. The SMILES string of the molecule is COc1ccc(F)cc1CN1CCN(CC2CCNCC2)CC1. The number of ether oxygens (including phenoxy) is 1. The van der Waals surface area contributed by atoms with E-state index in [0.717, 1.165) is 50.0 Å². The van der Waals surface area contributed by atoms with Gasteiger partial charge in [-0.15, -0.1) is 0 Å². The smallest absolute Gasteiger partial charge is 0.123 e. The molecule has 2 saturated heterocycles.